The molecule has 0 aliphatic carbocycles. The first-order chi connectivity index (χ1) is 11.4. The van der Waals surface area contributed by atoms with E-state index in [-0.39, 0.29) is 29.8 Å². The Morgan fingerprint density at radius 2 is 2.00 bits per heavy atom. The summed E-state index contributed by atoms with van der Waals surface area (Å²) < 4.78 is 5.09. The van der Waals surface area contributed by atoms with Crippen LogP contribution in [0.2, 0.25) is 0 Å². The van der Waals surface area contributed by atoms with Crippen molar-refractivity contribution >= 4 is 23.3 Å². The molecular weight excluding hydrogens is 310 g/mol. The Morgan fingerprint density at radius 3 is 2.62 bits per heavy atom. The van der Waals surface area contributed by atoms with E-state index in [0.717, 1.165) is 0 Å². The van der Waals surface area contributed by atoms with E-state index in [9.17, 15) is 14.4 Å². The van der Waals surface area contributed by atoms with Gasteiger partial charge < -0.3 is 19.9 Å². The lowest BCUT2D eigenvalue weighted by Gasteiger charge is -2.16. The number of aromatic amines is 1. The highest BCUT2D eigenvalue weighted by Crippen LogP contribution is 2.16. The second-order valence-corrected chi connectivity index (χ2v) is 5.30. The van der Waals surface area contributed by atoms with Gasteiger partial charge in [-0.2, -0.15) is 0 Å². The van der Waals surface area contributed by atoms with E-state index in [1.165, 1.54) is 31.1 Å². The molecule has 126 valence electrons. The largest absolute Gasteiger partial charge is 0.497 e. The number of nitrogens with zero attached hydrogens (tertiary/aromatic N) is 1. The number of aromatic nitrogens is 1. The van der Waals surface area contributed by atoms with Crippen LogP contribution in [0, 0.1) is 0 Å². The molecule has 1 aromatic heterocycles. The van der Waals surface area contributed by atoms with Gasteiger partial charge in [0, 0.05) is 30.6 Å². The topological polar surface area (TPSA) is 91.5 Å². The minimum absolute atomic E-state index is 0.121. The van der Waals surface area contributed by atoms with Gasteiger partial charge in [-0.05, 0) is 25.1 Å². The third-order valence-electron chi connectivity index (χ3n) is 3.40. The van der Waals surface area contributed by atoms with Crippen LogP contribution in [0.4, 0.5) is 5.69 Å². The molecule has 0 unspecified atom stereocenters. The maximum atomic E-state index is 12.3. The van der Waals surface area contributed by atoms with Crippen molar-refractivity contribution < 1.29 is 19.1 Å². The molecule has 7 nitrogen and oxygen atoms in total. The number of methoxy groups -OCH3 is 1. The fraction of sp³-hybridized carbons (Fsp3) is 0.235. The van der Waals surface area contributed by atoms with Gasteiger partial charge in [-0.15, -0.1) is 0 Å². The molecule has 0 aliphatic rings. The SMILES string of the molecule is COc1cccc(NC(=O)CN(C)C(=O)c2cc(C(C)=O)c[nH]2)c1. The molecule has 0 saturated carbocycles. The number of hydrogen-bond acceptors (Lipinski definition) is 4. The molecule has 0 bridgehead atoms. The number of benzene rings is 1. The number of amides is 2. The molecule has 1 heterocycles. The van der Waals surface area contributed by atoms with Crippen LogP contribution in [0.5, 0.6) is 5.75 Å². The average molecular weight is 329 g/mol. The van der Waals surface area contributed by atoms with E-state index in [2.05, 4.69) is 10.3 Å². The van der Waals surface area contributed by atoms with Gasteiger partial charge in [0.05, 0.1) is 13.7 Å². The molecule has 0 saturated heterocycles. The lowest BCUT2D eigenvalue weighted by atomic mass is 10.2. The van der Waals surface area contributed by atoms with Crippen LogP contribution < -0.4 is 10.1 Å². The zero-order chi connectivity index (χ0) is 17.7. The fourth-order valence-corrected chi connectivity index (χ4v) is 2.12. The lowest BCUT2D eigenvalue weighted by Crippen LogP contribution is -2.35. The monoisotopic (exact) mass is 329 g/mol. The van der Waals surface area contributed by atoms with Gasteiger partial charge in [0.1, 0.15) is 11.4 Å². The third kappa shape index (κ3) is 4.22. The van der Waals surface area contributed by atoms with Crippen LogP contribution in [-0.2, 0) is 4.79 Å². The number of carbonyl (C=O) groups excluding carboxylic acids is 3. The molecule has 1 aromatic carbocycles. The van der Waals surface area contributed by atoms with Gasteiger partial charge in [-0.1, -0.05) is 6.07 Å². The van der Waals surface area contributed by atoms with Crippen LogP contribution >= 0.6 is 0 Å². The number of carbonyl (C=O) groups is 3. The van der Waals surface area contributed by atoms with Gasteiger partial charge in [-0.3, -0.25) is 14.4 Å². The highest BCUT2D eigenvalue weighted by molar-refractivity contribution is 6.01. The molecule has 2 amide bonds. The number of ketones is 1. The molecule has 7 heteroatoms. The third-order valence-corrected chi connectivity index (χ3v) is 3.40. The van der Waals surface area contributed by atoms with Crippen molar-refractivity contribution in [3.05, 3.63) is 47.8 Å². The number of Topliss-reactive ketones (excluding diaryl/α,β-unsaturated/α-hetero) is 1. The van der Waals surface area contributed by atoms with E-state index >= 15 is 0 Å². The van der Waals surface area contributed by atoms with Crippen molar-refractivity contribution in [2.45, 2.75) is 6.92 Å². The minimum atomic E-state index is -0.372. The van der Waals surface area contributed by atoms with E-state index in [1.807, 2.05) is 0 Å². The summed E-state index contributed by atoms with van der Waals surface area (Å²) in [6, 6.07) is 8.41. The molecular formula is C17H19N3O4. The Labute approximate surface area is 139 Å². The second kappa shape index (κ2) is 7.45. The number of likely N-dealkylation sites (N-methyl/N-ethyl adjacent to an activating group) is 1. The summed E-state index contributed by atoms with van der Waals surface area (Å²) in [5.74, 6) is -0.218. The summed E-state index contributed by atoms with van der Waals surface area (Å²) in [6.07, 6.45) is 1.47. The highest BCUT2D eigenvalue weighted by atomic mass is 16.5. The fourth-order valence-electron chi connectivity index (χ4n) is 2.12. The zero-order valence-corrected chi connectivity index (χ0v) is 13.8. The molecule has 2 rings (SSSR count). The average Bonchev–Trinajstić information content (AvgIpc) is 3.04. The first-order valence-corrected chi connectivity index (χ1v) is 7.29. The minimum Gasteiger partial charge on any atom is -0.497 e. The number of rotatable bonds is 6. The summed E-state index contributed by atoms with van der Waals surface area (Å²) in [4.78, 5) is 39.6. The number of nitrogens with one attached hydrogen (secondary N) is 2. The number of H-pyrrole nitrogens is 1. The standard InChI is InChI=1S/C17H19N3O4/c1-11(21)12-7-15(18-9-12)17(23)20(2)10-16(22)19-13-5-4-6-14(8-13)24-3/h4-9,18H,10H2,1-3H3,(H,19,22). The van der Waals surface area contributed by atoms with Gasteiger partial charge in [0.15, 0.2) is 5.78 Å². The van der Waals surface area contributed by atoms with Gasteiger partial charge in [0.2, 0.25) is 5.91 Å². The smallest absolute Gasteiger partial charge is 0.270 e. The second-order valence-electron chi connectivity index (χ2n) is 5.30. The summed E-state index contributed by atoms with van der Waals surface area (Å²) >= 11 is 0. The molecule has 0 radical (unpaired) electrons. The molecule has 0 aliphatic heterocycles. The summed E-state index contributed by atoms with van der Waals surface area (Å²) in [6.45, 7) is 1.30. The molecule has 2 aromatic rings. The number of hydrogen-bond donors (Lipinski definition) is 2. The van der Waals surface area contributed by atoms with Crippen LogP contribution in [0.25, 0.3) is 0 Å². The molecule has 0 spiro atoms. The quantitative estimate of drug-likeness (QED) is 0.792. The van der Waals surface area contributed by atoms with Gasteiger partial charge in [-0.25, -0.2) is 0 Å². The predicted molar refractivity (Wildman–Crippen MR) is 89.4 cm³/mol. The predicted octanol–water partition coefficient (Wildman–Crippen LogP) is 1.94. The Morgan fingerprint density at radius 1 is 1.25 bits per heavy atom. The maximum absolute atomic E-state index is 12.3. The Bertz CT molecular complexity index is 767. The van der Waals surface area contributed by atoms with E-state index in [1.54, 1.807) is 31.4 Å². The molecule has 0 fully saturated rings. The first-order valence-electron chi connectivity index (χ1n) is 7.29. The van der Waals surface area contributed by atoms with Crippen molar-refractivity contribution in [1.29, 1.82) is 0 Å². The summed E-state index contributed by atoms with van der Waals surface area (Å²) in [5.41, 5.74) is 1.27. The van der Waals surface area contributed by atoms with Crippen molar-refractivity contribution in [2.24, 2.45) is 0 Å². The van der Waals surface area contributed by atoms with Crippen molar-refractivity contribution in [3.63, 3.8) is 0 Å². The zero-order valence-electron chi connectivity index (χ0n) is 13.8. The molecule has 24 heavy (non-hydrogen) atoms. The van der Waals surface area contributed by atoms with Crippen LogP contribution in [0.1, 0.15) is 27.8 Å². The summed E-state index contributed by atoms with van der Waals surface area (Å²) in [7, 11) is 3.06. The van der Waals surface area contributed by atoms with Crippen LogP contribution in [0.15, 0.2) is 36.5 Å². The van der Waals surface area contributed by atoms with Crippen molar-refractivity contribution in [1.82, 2.24) is 9.88 Å². The summed E-state index contributed by atoms with van der Waals surface area (Å²) in [5, 5.41) is 2.70. The molecule has 0 atom stereocenters. The Hall–Kier alpha value is -3.09. The van der Waals surface area contributed by atoms with Crippen LogP contribution in [0.3, 0.4) is 0 Å². The van der Waals surface area contributed by atoms with Gasteiger partial charge >= 0.3 is 0 Å². The number of anilines is 1. The molecule has 2 N–H and O–H groups in total. The maximum Gasteiger partial charge on any atom is 0.270 e. The highest BCUT2D eigenvalue weighted by Gasteiger charge is 2.17. The van der Waals surface area contributed by atoms with Crippen molar-refractivity contribution in [3.8, 4) is 5.75 Å². The Kier molecular flexibility index (Phi) is 5.36. The van der Waals surface area contributed by atoms with E-state index < -0.39 is 0 Å². The van der Waals surface area contributed by atoms with Gasteiger partial charge in [0.25, 0.3) is 5.91 Å². The number of ether oxygens (including phenoxy) is 1. The first kappa shape index (κ1) is 17.3. The van der Waals surface area contributed by atoms with Crippen LogP contribution in [-0.4, -0.2) is 48.2 Å². The Balaban J connectivity index is 1.97. The normalized spacial score (nSPS) is 10.1. The van der Waals surface area contributed by atoms with E-state index in [0.29, 0.717) is 17.0 Å². The lowest BCUT2D eigenvalue weighted by molar-refractivity contribution is -0.116. The van der Waals surface area contributed by atoms with E-state index in [4.69, 9.17) is 4.74 Å². The van der Waals surface area contributed by atoms with Crippen molar-refractivity contribution in [2.75, 3.05) is 26.0 Å².